The summed E-state index contributed by atoms with van der Waals surface area (Å²) in [5.74, 6) is 0.0179. The number of allylic oxidation sites excluding steroid dienone is 1. The summed E-state index contributed by atoms with van der Waals surface area (Å²) in [4.78, 5) is 3.72. The molecule has 10 heavy (non-hydrogen) atoms. The van der Waals surface area contributed by atoms with Gasteiger partial charge < -0.3 is 0 Å². The van der Waals surface area contributed by atoms with E-state index in [0.29, 0.717) is 13.0 Å². The lowest BCUT2D eigenvalue weighted by Crippen LogP contribution is -1.93. The molecule has 0 rings (SSSR count). The standard InChI is InChI=1S/C8H14NO/c1-3-5-6-7-8(10)9-4-2/h3H,1,4-7H2,2H3. The summed E-state index contributed by atoms with van der Waals surface area (Å²) >= 11 is 0. The van der Waals surface area contributed by atoms with Crippen molar-refractivity contribution in [2.45, 2.75) is 26.2 Å². The van der Waals surface area contributed by atoms with Crippen molar-refractivity contribution in [3.8, 4) is 0 Å². The molecule has 0 fully saturated rings. The summed E-state index contributed by atoms with van der Waals surface area (Å²) in [6.45, 7) is 6.03. The van der Waals surface area contributed by atoms with Gasteiger partial charge in [-0.2, -0.15) is 0 Å². The zero-order valence-corrected chi connectivity index (χ0v) is 6.47. The molecule has 2 heteroatoms. The van der Waals surface area contributed by atoms with Gasteiger partial charge in [0, 0.05) is 13.0 Å². The van der Waals surface area contributed by atoms with Crippen LogP contribution in [0.5, 0.6) is 0 Å². The average molecular weight is 140 g/mol. The zero-order valence-electron chi connectivity index (χ0n) is 6.47. The molecular weight excluding hydrogens is 126 g/mol. The van der Waals surface area contributed by atoms with Gasteiger partial charge in [-0.1, -0.05) is 6.08 Å². The van der Waals surface area contributed by atoms with Crippen molar-refractivity contribution in [2.24, 2.45) is 4.99 Å². The zero-order chi connectivity index (χ0) is 7.82. The predicted octanol–water partition coefficient (Wildman–Crippen LogP) is 2.19. The number of hydrogen-bond donors (Lipinski definition) is 0. The molecule has 0 N–H and O–H groups in total. The molecular formula is C8H14NO. The van der Waals surface area contributed by atoms with Crippen molar-refractivity contribution >= 4 is 5.90 Å². The SMILES string of the molecule is C=CCCCC([O])=NCC. The number of rotatable bonds is 5. The van der Waals surface area contributed by atoms with Gasteiger partial charge in [-0.3, -0.25) is 10.1 Å². The van der Waals surface area contributed by atoms with Crippen LogP contribution >= 0.6 is 0 Å². The Morgan fingerprint density at radius 3 is 2.90 bits per heavy atom. The van der Waals surface area contributed by atoms with E-state index >= 15 is 0 Å². The van der Waals surface area contributed by atoms with Gasteiger partial charge in [0.1, 0.15) is 0 Å². The molecule has 0 aromatic rings. The van der Waals surface area contributed by atoms with Gasteiger partial charge >= 0.3 is 0 Å². The Balaban J connectivity index is 3.29. The van der Waals surface area contributed by atoms with Crippen molar-refractivity contribution in [2.75, 3.05) is 6.54 Å². The van der Waals surface area contributed by atoms with E-state index < -0.39 is 0 Å². The topological polar surface area (TPSA) is 32.3 Å². The van der Waals surface area contributed by atoms with E-state index in [4.69, 9.17) is 0 Å². The summed E-state index contributed by atoms with van der Waals surface area (Å²) in [6, 6.07) is 0. The first-order valence-corrected chi connectivity index (χ1v) is 3.62. The summed E-state index contributed by atoms with van der Waals surface area (Å²) < 4.78 is 0. The summed E-state index contributed by atoms with van der Waals surface area (Å²) in [5, 5.41) is 10.7. The van der Waals surface area contributed by atoms with E-state index in [-0.39, 0.29) is 5.90 Å². The van der Waals surface area contributed by atoms with Crippen LogP contribution in [-0.2, 0) is 5.11 Å². The Morgan fingerprint density at radius 1 is 1.70 bits per heavy atom. The second-order valence-corrected chi connectivity index (χ2v) is 2.05. The molecule has 0 heterocycles. The first kappa shape index (κ1) is 9.21. The largest absolute Gasteiger partial charge is 0.273 e. The quantitative estimate of drug-likeness (QED) is 0.243. The third-order valence-corrected chi connectivity index (χ3v) is 1.13. The highest BCUT2D eigenvalue weighted by Crippen LogP contribution is 1.96. The molecule has 0 aliphatic heterocycles. The molecule has 0 saturated heterocycles. The third-order valence-electron chi connectivity index (χ3n) is 1.13. The summed E-state index contributed by atoms with van der Waals surface area (Å²) in [7, 11) is 0. The van der Waals surface area contributed by atoms with Gasteiger partial charge in [-0.25, -0.2) is 0 Å². The van der Waals surface area contributed by atoms with Crippen LogP contribution in [0.1, 0.15) is 26.2 Å². The minimum absolute atomic E-state index is 0.0179. The molecule has 0 aromatic carbocycles. The molecule has 0 aliphatic rings. The molecule has 0 saturated carbocycles. The number of nitrogens with zero attached hydrogens (tertiary/aromatic N) is 1. The number of hydrogen-bond acceptors (Lipinski definition) is 1. The van der Waals surface area contributed by atoms with Gasteiger partial charge in [0.25, 0.3) is 0 Å². The van der Waals surface area contributed by atoms with Crippen molar-refractivity contribution in [3.63, 3.8) is 0 Å². The van der Waals surface area contributed by atoms with Crippen molar-refractivity contribution in [1.29, 1.82) is 0 Å². The smallest absolute Gasteiger partial charge is 0.241 e. The molecule has 0 bridgehead atoms. The Labute approximate surface area is 62.3 Å². The molecule has 0 amide bonds. The van der Waals surface area contributed by atoms with Crippen LogP contribution in [0.4, 0.5) is 0 Å². The van der Waals surface area contributed by atoms with Crippen LogP contribution in [-0.4, -0.2) is 12.4 Å². The minimum Gasteiger partial charge on any atom is -0.273 e. The molecule has 1 radical (unpaired) electrons. The van der Waals surface area contributed by atoms with E-state index in [1.165, 1.54) is 0 Å². The average Bonchev–Trinajstić information content (AvgIpc) is 1.89. The molecule has 0 spiro atoms. The fourth-order valence-electron chi connectivity index (χ4n) is 0.653. The summed E-state index contributed by atoms with van der Waals surface area (Å²) in [6.07, 6.45) is 4.18. The van der Waals surface area contributed by atoms with Gasteiger partial charge in [0.2, 0.25) is 5.90 Å². The Morgan fingerprint density at radius 2 is 2.40 bits per heavy atom. The van der Waals surface area contributed by atoms with E-state index in [2.05, 4.69) is 11.6 Å². The van der Waals surface area contributed by atoms with Crippen LogP contribution < -0.4 is 0 Å². The van der Waals surface area contributed by atoms with Crippen molar-refractivity contribution in [1.82, 2.24) is 0 Å². The fraction of sp³-hybridized carbons (Fsp3) is 0.625. The lowest BCUT2D eigenvalue weighted by Gasteiger charge is -1.91. The molecule has 0 atom stereocenters. The predicted molar refractivity (Wildman–Crippen MR) is 42.7 cm³/mol. The van der Waals surface area contributed by atoms with Crippen LogP contribution in [0.15, 0.2) is 17.6 Å². The highest BCUT2D eigenvalue weighted by Gasteiger charge is 1.94. The molecule has 2 nitrogen and oxygen atoms in total. The van der Waals surface area contributed by atoms with Crippen molar-refractivity contribution < 1.29 is 5.11 Å². The Bertz CT molecular complexity index is 118. The second kappa shape index (κ2) is 6.33. The van der Waals surface area contributed by atoms with Crippen LogP contribution in [0, 0.1) is 0 Å². The van der Waals surface area contributed by atoms with E-state index in [1.807, 2.05) is 13.0 Å². The van der Waals surface area contributed by atoms with E-state index in [0.717, 1.165) is 12.8 Å². The molecule has 0 aliphatic carbocycles. The lowest BCUT2D eigenvalue weighted by atomic mass is 10.2. The minimum atomic E-state index is 0.0179. The van der Waals surface area contributed by atoms with Crippen LogP contribution in [0.3, 0.4) is 0 Å². The van der Waals surface area contributed by atoms with Gasteiger partial charge in [0.15, 0.2) is 0 Å². The maximum atomic E-state index is 10.7. The van der Waals surface area contributed by atoms with Gasteiger partial charge in [-0.05, 0) is 19.8 Å². The van der Waals surface area contributed by atoms with E-state index in [1.54, 1.807) is 0 Å². The lowest BCUT2D eigenvalue weighted by molar-refractivity contribution is 0.407. The fourth-order valence-corrected chi connectivity index (χ4v) is 0.653. The molecule has 0 unspecified atom stereocenters. The normalized spacial score (nSPS) is 11.5. The first-order valence-electron chi connectivity index (χ1n) is 3.62. The van der Waals surface area contributed by atoms with Gasteiger partial charge in [-0.15, -0.1) is 6.58 Å². The number of unbranched alkanes of at least 4 members (excludes halogenated alkanes) is 1. The maximum Gasteiger partial charge on any atom is 0.241 e. The summed E-state index contributed by atoms with van der Waals surface area (Å²) in [5.41, 5.74) is 0. The monoisotopic (exact) mass is 140 g/mol. The third kappa shape index (κ3) is 5.35. The highest BCUT2D eigenvalue weighted by molar-refractivity contribution is 5.73. The molecule has 0 aromatic heterocycles. The van der Waals surface area contributed by atoms with Gasteiger partial charge in [0.05, 0.1) is 0 Å². The Kier molecular flexibility index (Phi) is 5.83. The Hall–Kier alpha value is -0.790. The van der Waals surface area contributed by atoms with Crippen LogP contribution in [0.2, 0.25) is 0 Å². The van der Waals surface area contributed by atoms with E-state index in [9.17, 15) is 5.11 Å². The van der Waals surface area contributed by atoms with Crippen molar-refractivity contribution in [3.05, 3.63) is 12.7 Å². The number of aliphatic imine (C=N–C) groups is 1. The first-order chi connectivity index (χ1) is 4.81. The maximum absolute atomic E-state index is 10.7. The van der Waals surface area contributed by atoms with Crippen LogP contribution in [0.25, 0.3) is 0 Å². The molecule has 57 valence electrons. The second-order valence-electron chi connectivity index (χ2n) is 2.05. The highest BCUT2D eigenvalue weighted by atomic mass is 16.3.